The van der Waals surface area contributed by atoms with Gasteiger partial charge < -0.3 is 14.4 Å². The van der Waals surface area contributed by atoms with Gasteiger partial charge in [0.15, 0.2) is 11.5 Å². The number of carbonyl (C=O) groups is 4. The Bertz CT molecular complexity index is 1230. The lowest BCUT2D eigenvalue weighted by molar-refractivity contribution is -0.142. The van der Waals surface area contributed by atoms with Crippen LogP contribution in [0, 0.1) is 17.8 Å². The van der Waals surface area contributed by atoms with Crippen molar-refractivity contribution in [3.63, 3.8) is 0 Å². The van der Waals surface area contributed by atoms with Crippen molar-refractivity contribution in [1.29, 1.82) is 0 Å². The molecule has 0 spiro atoms. The lowest BCUT2D eigenvalue weighted by Crippen LogP contribution is -2.50. The van der Waals surface area contributed by atoms with Gasteiger partial charge in [0, 0.05) is 43.8 Å². The van der Waals surface area contributed by atoms with Gasteiger partial charge in [-0.15, -0.1) is 11.3 Å². The number of esters is 1. The minimum absolute atomic E-state index is 0.00474. The van der Waals surface area contributed by atoms with Crippen LogP contribution in [0.15, 0.2) is 35.7 Å². The second-order valence-electron chi connectivity index (χ2n) is 12.1. The van der Waals surface area contributed by atoms with Crippen LogP contribution in [-0.2, 0) is 32.1 Å². The molecule has 0 radical (unpaired) electrons. The Kier molecular flexibility index (Phi) is 13.8. The SMILES string of the molecule is CCOC(=O)c1csc(CC[C@H](C(C)C)N(C)C(=O)[C@@H](CC(=O)[C@H]2CCCCN2C(=O)OCc2ccccc2)[C@@H](C)CC)n1. The van der Waals surface area contributed by atoms with E-state index in [9.17, 15) is 19.2 Å². The lowest BCUT2D eigenvalue weighted by atomic mass is 9.83. The van der Waals surface area contributed by atoms with Crippen LogP contribution in [0.2, 0.25) is 0 Å². The second kappa shape index (κ2) is 17.3. The van der Waals surface area contributed by atoms with Gasteiger partial charge in [-0.05, 0) is 50.0 Å². The van der Waals surface area contributed by atoms with Gasteiger partial charge in [0.25, 0.3) is 0 Å². The summed E-state index contributed by atoms with van der Waals surface area (Å²) in [6, 6.07) is 8.83. The molecule has 1 aliphatic heterocycles. The molecule has 44 heavy (non-hydrogen) atoms. The summed E-state index contributed by atoms with van der Waals surface area (Å²) >= 11 is 1.42. The zero-order valence-electron chi connectivity index (χ0n) is 27.1. The molecule has 2 aromatic rings. The van der Waals surface area contributed by atoms with E-state index in [-0.39, 0.29) is 42.6 Å². The Balaban J connectivity index is 1.68. The van der Waals surface area contributed by atoms with Gasteiger partial charge in [0.05, 0.1) is 17.7 Å². The number of Topliss-reactive ketones (excluding diaryl/α,β-unsaturated/α-hetero) is 1. The number of ether oxygens (including phenoxy) is 2. The molecule has 2 heterocycles. The predicted molar refractivity (Wildman–Crippen MR) is 171 cm³/mol. The number of nitrogens with zero attached hydrogens (tertiary/aromatic N) is 3. The molecule has 1 saturated heterocycles. The molecular formula is C34H49N3O6S. The van der Waals surface area contributed by atoms with Crippen LogP contribution in [0.3, 0.4) is 0 Å². The molecular weight excluding hydrogens is 578 g/mol. The van der Waals surface area contributed by atoms with E-state index in [0.29, 0.717) is 38.1 Å². The number of rotatable bonds is 15. The molecule has 9 nitrogen and oxygen atoms in total. The van der Waals surface area contributed by atoms with E-state index in [0.717, 1.165) is 29.8 Å². The summed E-state index contributed by atoms with van der Waals surface area (Å²) in [5, 5.41) is 2.54. The topological polar surface area (TPSA) is 106 Å². The molecule has 242 valence electrons. The number of thiazole rings is 1. The maximum atomic E-state index is 14.1. The molecule has 3 rings (SSSR count). The van der Waals surface area contributed by atoms with Crippen LogP contribution in [-0.4, -0.2) is 70.8 Å². The van der Waals surface area contributed by atoms with E-state index < -0.39 is 24.0 Å². The number of aromatic nitrogens is 1. The largest absolute Gasteiger partial charge is 0.461 e. The van der Waals surface area contributed by atoms with Crippen LogP contribution in [0.25, 0.3) is 0 Å². The van der Waals surface area contributed by atoms with E-state index in [2.05, 4.69) is 18.8 Å². The van der Waals surface area contributed by atoms with E-state index >= 15 is 0 Å². The normalized spacial score (nSPS) is 17.1. The van der Waals surface area contributed by atoms with E-state index in [1.165, 1.54) is 11.3 Å². The Labute approximate surface area is 266 Å². The highest BCUT2D eigenvalue weighted by Crippen LogP contribution is 2.29. The van der Waals surface area contributed by atoms with Crippen LogP contribution >= 0.6 is 11.3 Å². The fraction of sp³-hybridized carbons (Fsp3) is 0.618. The number of carbonyl (C=O) groups excluding carboxylic acids is 4. The molecule has 1 aromatic carbocycles. The molecule has 0 bridgehead atoms. The molecule has 0 aliphatic carbocycles. The predicted octanol–water partition coefficient (Wildman–Crippen LogP) is 6.55. The van der Waals surface area contributed by atoms with Gasteiger partial charge in [-0.2, -0.15) is 0 Å². The van der Waals surface area contributed by atoms with Gasteiger partial charge in [-0.25, -0.2) is 14.6 Å². The molecule has 1 aliphatic rings. The van der Waals surface area contributed by atoms with Crippen molar-refractivity contribution >= 4 is 35.1 Å². The Morgan fingerprint density at radius 2 is 1.80 bits per heavy atom. The van der Waals surface area contributed by atoms with Crippen LogP contribution in [0.1, 0.15) is 94.2 Å². The number of benzene rings is 1. The van der Waals surface area contributed by atoms with Crippen LogP contribution < -0.4 is 0 Å². The first-order valence-corrected chi connectivity index (χ1v) is 16.8. The van der Waals surface area contributed by atoms with Crippen molar-refractivity contribution in [3.05, 3.63) is 52.0 Å². The van der Waals surface area contributed by atoms with Crippen molar-refractivity contribution in [2.24, 2.45) is 17.8 Å². The summed E-state index contributed by atoms with van der Waals surface area (Å²) < 4.78 is 10.6. The summed E-state index contributed by atoms with van der Waals surface area (Å²) in [6.07, 6.45) is 3.91. The molecule has 4 atom stereocenters. The van der Waals surface area contributed by atoms with Gasteiger partial charge in [0.1, 0.15) is 6.61 Å². The van der Waals surface area contributed by atoms with Gasteiger partial charge in [0.2, 0.25) is 5.91 Å². The zero-order valence-corrected chi connectivity index (χ0v) is 27.9. The number of ketones is 1. The molecule has 10 heteroatoms. The summed E-state index contributed by atoms with van der Waals surface area (Å²) in [5.41, 5.74) is 1.20. The van der Waals surface area contributed by atoms with Crippen molar-refractivity contribution < 1.29 is 28.7 Å². The maximum Gasteiger partial charge on any atom is 0.410 e. The number of aryl methyl sites for hydroxylation is 1. The fourth-order valence-corrected chi connectivity index (χ4v) is 6.63. The molecule has 1 fully saturated rings. The monoisotopic (exact) mass is 627 g/mol. The minimum atomic E-state index is -0.587. The van der Waals surface area contributed by atoms with Crippen LogP contribution in [0.5, 0.6) is 0 Å². The van der Waals surface area contributed by atoms with Crippen molar-refractivity contribution in [2.45, 2.75) is 98.3 Å². The first-order chi connectivity index (χ1) is 21.1. The smallest absolute Gasteiger partial charge is 0.410 e. The third kappa shape index (κ3) is 9.61. The van der Waals surface area contributed by atoms with Crippen LogP contribution in [0.4, 0.5) is 4.79 Å². The van der Waals surface area contributed by atoms with Gasteiger partial charge >= 0.3 is 12.1 Å². The standard InChI is InChI=1S/C34H49N3O6S/c1-7-24(5)26(20-30(38)29-16-12-13-19-37(29)34(41)43-21-25-14-10-9-11-15-25)32(39)36(6)28(23(3)4)17-18-31-35-27(22-44-31)33(40)42-8-2/h9-11,14-15,22-24,26,28-29H,7-8,12-13,16-21H2,1-6H3/t24-,26-,28+,29+/m0/s1. The number of likely N-dealkylation sites (tertiary alicyclic amines) is 1. The van der Waals surface area contributed by atoms with Crippen molar-refractivity contribution in [1.82, 2.24) is 14.8 Å². The highest BCUT2D eigenvalue weighted by Gasteiger charge is 2.38. The first kappa shape index (κ1) is 35.2. The Hall–Kier alpha value is -3.27. The van der Waals surface area contributed by atoms with Crippen molar-refractivity contribution in [2.75, 3.05) is 20.2 Å². The quantitative estimate of drug-likeness (QED) is 0.206. The summed E-state index contributed by atoms with van der Waals surface area (Å²) in [4.78, 5) is 60.8. The molecule has 1 aromatic heterocycles. The summed E-state index contributed by atoms with van der Waals surface area (Å²) in [7, 11) is 1.83. The highest BCUT2D eigenvalue weighted by atomic mass is 32.1. The second-order valence-corrected chi connectivity index (χ2v) is 13.0. The lowest BCUT2D eigenvalue weighted by Gasteiger charge is -2.37. The molecule has 0 unspecified atom stereocenters. The Morgan fingerprint density at radius 3 is 2.45 bits per heavy atom. The third-order valence-electron chi connectivity index (χ3n) is 8.69. The molecule has 0 saturated carbocycles. The van der Waals surface area contributed by atoms with Gasteiger partial charge in [-0.1, -0.05) is 64.4 Å². The Morgan fingerprint density at radius 1 is 1.07 bits per heavy atom. The fourth-order valence-electron chi connectivity index (χ4n) is 5.85. The maximum absolute atomic E-state index is 14.1. The number of piperidine rings is 1. The van der Waals surface area contributed by atoms with E-state index in [1.54, 1.807) is 22.1 Å². The number of hydrogen-bond acceptors (Lipinski definition) is 8. The molecule has 0 N–H and O–H groups in total. The van der Waals surface area contributed by atoms with Gasteiger partial charge in [-0.3, -0.25) is 14.5 Å². The average molecular weight is 628 g/mol. The zero-order chi connectivity index (χ0) is 32.2. The summed E-state index contributed by atoms with van der Waals surface area (Å²) in [5.74, 6) is -0.872. The highest BCUT2D eigenvalue weighted by molar-refractivity contribution is 7.09. The minimum Gasteiger partial charge on any atom is -0.461 e. The number of hydrogen-bond donors (Lipinski definition) is 0. The van der Waals surface area contributed by atoms with E-state index in [4.69, 9.17) is 9.47 Å². The average Bonchev–Trinajstić information content (AvgIpc) is 3.51. The molecule has 2 amide bonds. The number of amides is 2. The summed E-state index contributed by atoms with van der Waals surface area (Å²) in [6.45, 7) is 10.9. The van der Waals surface area contributed by atoms with E-state index in [1.807, 2.05) is 51.2 Å². The third-order valence-corrected chi connectivity index (χ3v) is 9.60. The first-order valence-electron chi connectivity index (χ1n) is 15.9. The van der Waals surface area contributed by atoms with Crippen molar-refractivity contribution in [3.8, 4) is 0 Å².